The Hall–Kier alpha value is -1.58. The Balaban J connectivity index is 0.000000671. The summed E-state index contributed by atoms with van der Waals surface area (Å²) in [6, 6.07) is 5.05. The van der Waals surface area contributed by atoms with Gasteiger partial charge in [0, 0.05) is 13.2 Å². The monoisotopic (exact) mass is 181 g/mol. The number of anilines is 1. The minimum Gasteiger partial charge on any atom is -0.341 e. The van der Waals surface area contributed by atoms with Crippen molar-refractivity contribution in [2.45, 2.75) is 13.8 Å². The number of aromatic nitrogens is 1. The molecule has 0 spiro atoms. The zero-order valence-corrected chi connectivity index (χ0v) is 8.16. The third-order valence-corrected chi connectivity index (χ3v) is 1.13. The predicted octanol–water partition coefficient (Wildman–Crippen LogP) is 1.86. The Morgan fingerprint density at radius 3 is 2.54 bits per heavy atom. The maximum absolute atomic E-state index is 10.7. The van der Waals surface area contributed by atoms with Crippen LogP contribution in [0, 0.1) is 0 Å². The molecule has 0 radical (unpaired) electrons. The molecule has 2 amide bonds. The van der Waals surface area contributed by atoms with E-state index >= 15 is 0 Å². The number of pyridine rings is 1. The molecule has 0 saturated carbocycles. The number of hydrogen-bond acceptors (Lipinski definition) is 2. The van der Waals surface area contributed by atoms with E-state index in [1.165, 1.54) is 0 Å². The highest BCUT2D eigenvalue weighted by Crippen LogP contribution is 1.98. The lowest BCUT2D eigenvalue weighted by molar-refractivity contribution is 0.254. The topological polar surface area (TPSA) is 54.0 Å². The molecule has 0 unspecified atom stereocenters. The van der Waals surface area contributed by atoms with Crippen molar-refractivity contribution in [3.8, 4) is 0 Å². The zero-order valence-electron chi connectivity index (χ0n) is 8.16. The van der Waals surface area contributed by atoms with E-state index in [1.807, 2.05) is 13.8 Å². The van der Waals surface area contributed by atoms with Crippen molar-refractivity contribution in [3.05, 3.63) is 24.4 Å². The molecule has 0 aliphatic heterocycles. The number of nitrogens with zero attached hydrogens (tertiary/aromatic N) is 1. The molecule has 0 aliphatic carbocycles. The van der Waals surface area contributed by atoms with Crippen LogP contribution in [0.1, 0.15) is 13.8 Å². The fraction of sp³-hybridized carbons (Fsp3) is 0.333. The van der Waals surface area contributed by atoms with Crippen LogP contribution in [0.5, 0.6) is 0 Å². The van der Waals surface area contributed by atoms with Crippen LogP contribution >= 0.6 is 0 Å². The van der Waals surface area contributed by atoms with Crippen LogP contribution in [0.3, 0.4) is 0 Å². The van der Waals surface area contributed by atoms with E-state index in [0.29, 0.717) is 5.82 Å². The summed E-state index contributed by atoms with van der Waals surface area (Å²) in [5.74, 6) is 0.548. The summed E-state index contributed by atoms with van der Waals surface area (Å²) in [5.41, 5.74) is 0. The molecule has 1 aromatic heterocycles. The summed E-state index contributed by atoms with van der Waals surface area (Å²) in [4.78, 5) is 14.6. The van der Waals surface area contributed by atoms with Gasteiger partial charge in [0.25, 0.3) is 0 Å². The van der Waals surface area contributed by atoms with Crippen molar-refractivity contribution in [1.29, 1.82) is 0 Å². The highest BCUT2D eigenvalue weighted by molar-refractivity contribution is 5.87. The highest BCUT2D eigenvalue weighted by atomic mass is 16.2. The summed E-state index contributed by atoms with van der Waals surface area (Å²) >= 11 is 0. The smallest absolute Gasteiger partial charge is 0.320 e. The fourth-order valence-electron chi connectivity index (χ4n) is 0.616. The van der Waals surface area contributed by atoms with Crippen molar-refractivity contribution in [2.75, 3.05) is 12.4 Å². The number of hydrogen-bond donors (Lipinski definition) is 2. The van der Waals surface area contributed by atoms with Gasteiger partial charge in [-0.15, -0.1) is 0 Å². The Kier molecular flexibility index (Phi) is 6.23. The van der Waals surface area contributed by atoms with Crippen molar-refractivity contribution in [3.63, 3.8) is 0 Å². The number of nitrogens with one attached hydrogen (secondary N) is 2. The van der Waals surface area contributed by atoms with E-state index in [0.717, 1.165) is 0 Å². The molecule has 13 heavy (non-hydrogen) atoms. The van der Waals surface area contributed by atoms with Gasteiger partial charge in [0.1, 0.15) is 5.82 Å². The van der Waals surface area contributed by atoms with E-state index in [4.69, 9.17) is 0 Å². The fourth-order valence-corrected chi connectivity index (χ4v) is 0.616. The third-order valence-electron chi connectivity index (χ3n) is 1.13. The van der Waals surface area contributed by atoms with E-state index in [2.05, 4.69) is 15.6 Å². The second-order valence-corrected chi connectivity index (χ2v) is 1.92. The molecule has 0 saturated heterocycles. The van der Waals surface area contributed by atoms with Crippen LogP contribution in [0.4, 0.5) is 10.6 Å². The lowest BCUT2D eigenvalue weighted by Gasteiger charge is -2.00. The molecule has 4 nitrogen and oxygen atoms in total. The molecule has 0 bridgehead atoms. The number of amides is 2. The first-order valence-electron chi connectivity index (χ1n) is 4.22. The van der Waals surface area contributed by atoms with Gasteiger partial charge < -0.3 is 5.32 Å². The van der Waals surface area contributed by atoms with E-state index < -0.39 is 0 Å². The molecule has 72 valence electrons. The number of carbonyl (C=O) groups excluding carboxylic acids is 1. The first-order chi connectivity index (χ1) is 6.33. The van der Waals surface area contributed by atoms with Crippen molar-refractivity contribution < 1.29 is 4.79 Å². The van der Waals surface area contributed by atoms with Crippen LogP contribution in [-0.4, -0.2) is 18.1 Å². The molecule has 2 N–H and O–H groups in total. The molecular formula is C9H15N3O. The van der Waals surface area contributed by atoms with Crippen molar-refractivity contribution >= 4 is 11.8 Å². The minimum atomic E-state index is -0.260. The van der Waals surface area contributed by atoms with Gasteiger partial charge in [-0.2, -0.15) is 0 Å². The summed E-state index contributed by atoms with van der Waals surface area (Å²) in [7, 11) is 1.55. The predicted molar refractivity (Wildman–Crippen MR) is 53.7 cm³/mol. The Bertz CT molecular complexity index is 236. The highest BCUT2D eigenvalue weighted by Gasteiger charge is 1.95. The molecular weight excluding hydrogens is 166 g/mol. The lowest BCUT2D eigenvalue weighted by Crippen LogP contribution is -2.24. The van der Waals surface area contributed by atoms with E-state index in [9.17, 15) is 4.79 Å². The Labute approximate surface area is 78.4 Å². The lowest BCUT2D eigenvalue weighted by atomic mass is 10.5. The molecule has 1 rings (SSSR count). The minimum absolute atomic E-state index is 0.260. The van der Waals surface area contributed by atoms with Gasteiger partial charge in [0.05, 0.1) is 0 Å². The molecule has 0 fully saturated rings. The zero-order chi connectivity index (χ0) is 10.1. The summed E-state index contributed by atoms with van der Waals surface area (Å²) < 4.78 is 0. The van der Waals surface area contributed by atoms with Gasteiger partial charge in [-0.3, -0.25) is 5.32 Å². The maximum atomic E-state index is 10.7. The Morgan fingerprint density at radius 2 is 2.08 bits per heavy atom. The van der Waals surface area contributed by atoms with E-state index in [1.54, 1.807) is 31.4 Å². The summed E-state index contributed by atoms with van der Waals surface area (Å²) in [6.45, 7) is 4.00. The molecule has 1 aromatic rings. The van der Waals surface area contributed by atoms with Gasteiger partial charge in [0.2, 0.25) is 0 Å². The molecule has 0 atom stereocenters. The first kappa shape index (κ1) is 11.4. The Morgan fingerprint density at radius 1 is 1.38 bits per heavy atom. The number of rotatable bonds is 1. The van der Waals surface area contributed by atoms with Crippen LogP contribution in [0.15, 0.2) is 24.4 Å². The van der Waals surface area contributed by atoms with Gasteiger partial charge in [-0.25, -0.2) is 9.78 Å². The van der Waals surface area contributed by atoms with E-state index in [-0.39, 0.29) is 6.03 Å². The van der Waals surface area contributed by atoms with Crippen LogP contribution < -0.4 is 10.6 Å². The summed E-state index contributed by atoms with van der Waals surface area (Å²) in [6.07, 6.45) is 1.62. The second-order valence-electron chi connectivity index (χ2n) is 1.92. The van der Waals surface area contributed by atoms with Gasteiger partial charge in [-0.05, 0) is 12.1 Å². The number of urea groups is 1. The van der Waals surface area contributed by atoms with Crippen LogP contribution in [0.2, 0.25) is 0 Å². The largest absolute Gasteiger partial charge is 0.341 e. The quantitative estimate of drug-likeness (QED) is 0.694. The van der Waals surface area contributed by atoms with Gasteiger partial charge in [-0.1, -0.05) is 19.9 Å². The third kappa shape index (κ3) is 4.79. The summed E-state index contributed by atoms with van der Waals surface area (Å²) in [5, 5.41) is 4.95. The second kappa shape index (κ2) is 7.09. The average Bonchev–Trinajstić information content (AvgIpc) is 2.22. The average molecular weight is 181 g/mol. The van der Waals surface area contributed by atoms with Gasteiger partial charge >= 0.3 is 6.03 Å². The van der Waals surface area contributed by atoms with Crippen molar-refractivity contribution in [2.24, 2.45) is 0 Å². The van der Waals surface area contributed by atoms with Crippen LogP contribution in [-0.2, 0) is 0 Å². The molecule has 4 heteroatoms. The number of carbonyl (C=O) groups is 1. The SMILES string of the molecule is CC.CNC(=O)Nc1ccccn1. The maximum Gasteiger partial charge on any atom is 0.320 e. The van der Waals surface area contributed by atoms with Crippen molar-refractivity contribution in [1.82, 2.24) is 10.3 Å². The standard InChI is InChI=1S/C7H9N3O.C2H6/c1-8-7(11)10-6-4-2-3-5-9-6;1-2/h2-5H,1H3,(H2,8,9,10,11);1-2H3. The molecule has 0 aliphatic rings. The molecule has 0 aromatic carbocycles. The first-order valence-corrected chi connectivity index (χ1v) is 4.22. The van der Waals surface area contributed by atoms with Gasteiger partial charge in [0.15, 0.2) is 0 Å². The van der Waals surface area contributed by atoms with Crippen LogP contribution in [0.25, 0.3) is 0 Å². The normalized spacial score (nSPS) is 7.92. The molecule has 1 heterocycles.